The van der Waals surface area contributed by atoms with Gasteiger partial charge in [-0.05, 0) is 116 Å². The van der Waals surface area contributed by atoms with Gasteiger partial charge >= 0.3 is 17.9 Å². The number of hydrogen-bond donors (Lipinski definition) is 0. The van der Waals surface area contributed by atoms with Gasteiger partial charge in [-0.3, -0.25) is 14.4 Å². The van der Waals surface area contributed by atoms with E-state index in [0.29, 0.717) is 19.3 Å². The van der Waals surface area contributed by atoms with Crippen LogP contribution in [0.3, 0.4) is 0 Å². The Labute approximate surface area is 425 Å². The lowest BCUT2D eigenvalue weighted by atomic mass is 10.1. The molecule has 0 aromatic rings. The van der Waals surface area contributed by atoms with E-state index < -0.39 is 6.10 Å². The molecule has 0 aliphatic carbocycles. The van der Waals surface area contributed by atoms with Crippen LogP contribution in [0.15, 0.2) is 109 Å². The maximum Gasteiger partial charge on any atom is 0.306 e. The zero-order chi connectivity index (χ0) is 50.0. The van der Waals surface area contributed by atoms with Crippen LogP contribution in [0.2, 0.25) is 0 Å². The summed E-state index contributed by atoms with van der Waals surface area (Å²) in [5, 5.41) is 0. The van der Waals surface area contributed by atoms with Gasteiger partial charge in [0, 0.05) is 19.3 Å². The summed E-state index contributed by atoms with van der Waals surface area (Å²) in [6, 6.07) is 0. The van der Waals surface area contributed by atoms with Gasteiger partial charge in [0.05, 0.1) is 0 Å². The molecule has 0 spiro atoms. The Balaban J connectivity index is 4.56. The molecule has 6 nitrogen and oxygen atoms in total. The number of carbonyl (C=O) groups excluding carboxylic acids is 3. The van der Waals surface area contributed by atoms with Gasteiger partial charge < -0.3 is 14.2 Å². The summed E-state index contributed by atoms with van der Waals surface area (Å²) in [7, 11) is 0. The van der Waals surface area contributed by atoms with Crippen molar-refractivity contribution in [2.45, 2.75) is 258 Å². The van der Waals surface area contributed by atoms with Crippen LogP contribution in [0.5, 0.6) is 0 Å². The lowest BCUT2D eigenvalue weighted by Crippen LogP contribution is -2.30. The second kappa shape index (κ2) is 56.7. The van der Waals surface area contributed by atoms with Crippen LogP contribution in [0.4, 0.5) is 0 Å². The predicted molar refractivity (Wildman–Crippen MR) is 297 cm³/mol. The van der Waals surface area contributed by atoms with E-state index in [9.17, 15) is 14.4 Å². The molecule has 69 heavy (non-hydrogen) atoms. The first-order valence-corrected chi connectivity index (χ1v) is 28.4. The third-order valence-electron chi connectivity index (χ3n) is 11.7. The van der Waals surface area contributed by atoms with Gasteiger partial charge in [0.2, 0.25) is 0 Å². The van der Waals surface area contributed by atoms with Gasteiger partial charge in [-0.15, -0.1) is 0 Å². The molecular weight excluding hydrogens is 853 g/mol. The highest BCUT2D eigenvalue weighted by atomic mass is 16.6. The quantitative estimate of drug-likeness (QED) is 0.0262. The van der Waals surface area contributed by atoms with Gasteiger partial charge in [-0.25, -0.2) is 0 Å². The Kier molecular flexibility index (Phi) is 53.4. The number of carbonyl (C=O) groups is 3. The molecule has 0 aromatic carbocycles. The fourth-order valence-electron chi connectivity index (χ4n) is 7.49. The Morgan fingerprint density at radius 2 is 0.580 bits per heavy atom. The minimum atomic E-state index is -0.826. The molecule has 0 rings (SSSR count). The number of esters is 3. The largest absolute Gasteiger partial charge is 0.462 e. The number of rotatable bonds is 50. The fraction of sp³-hybridized carbons (Fsp3) is 0.667. The van der Waals surface area contributed by atoms with Crippen LogP contribution in [-0.4, -0.2) is 37.2 Å². The highest BCUT2D eigenvalue weighted by Gasteiger charge is 2.19. The molecule has 1 atom stereocenters. The van der Waals surface area contributed by atoms with E-state index >= 15 is 0 Å². The smallest absolute Gasteiger partial charge is 0.306 e. The topological polar surface area (TPSA) is 78.9 Å². The molecule has 0 saturated carbocycles. The van der Waals surface area contributed by atoms with E-state index in [4.69, 9.17) is 14.2 Å². The van der Waals surface area contributed by atoms with E-state index in [1.54, 1.807) is 0 Å². The second-order valence-electron chi connectivity index (χ2n) is 18.5. The first-order chi connectivity index (χ1) is 34.0. The average molecular weight is 958 g/mol. The Hall–Kier alpha value is -3.93. The monoisotopic (exact) mass is 957 g/mol. The van der Waals surface area contributed by atoms with Crippen LogP contribution < -0.4 is 0 Å². The van der Waals surface area contributed by atoms with Gasteiger partial charge in [0.15, 0.2) is 6.10 Å². The summed E-state index contributed by atoms with van der Waals surface area (Å²) in [5.74, 6) is -1.04. The fourth-order valence-corrected chi connectivity index (χ4v) is 7.49. The summed E-state index contributed by atoms with van der Waals surface area (Å²) in [6.45, 7) is 6.42. The molecule has 0 bridgehead atoms. The average Bonchev–Trinajstić information content (AvgIpc) is 3.35. The molecule has 0 saturated heterocycles. The summed E-state index contributed by atoms with van der Waals surface area (Å²) in [5.41, 5.74) is 0. The number of ether oxygens (including phenoxy) is 3. The van der Waals surface area contributed by atoms with Crippen LogP contribution in [0.1, 0.15) is 252 Å². The Morgan fingerprint density at radius 3 is 0.942 bits per heavy atom. The third kappa shape index (κ3) is 54.9. The molecule has 6 heteroatoms. The zero-order valence-corrected chi connectivity index (χ0v) is 44.8. The molecule has 0 fully saturated rings. The minimum Gasteiger partial charge on any atom is -0.462 e. The first kappa shape index (κ1) is 65.1. The van der Waals surface area contributed by atoms with Gasteiger partial charge in [-0.1, -0.05) is 226 Å². The molecule has 0 unspecified atom stereocenters. The van der Waals surface area contributed by atoms with Crippen molar-refractivity contribution < 1.29 is 28.6 Å². The summed E-state index contributed by atoms with van der Waals surface area (Å²) in [4.78, 5) is 38.1. The standard InChI is InChI=1S/C63H104O6/c1-4-7-10-13-16-19-22-25-28-31-34-37-40-43-46-49-52-55-61(64)67-58-60(69-63(66)57-54-51-48-45-42-39-36-33-30-27-24-21-18-15-12-9-6-3)59-68-62(65)56-53-50-47-44-41-38-35-32-29-26-23-20-17-14-11-8-5-2/h7,10,16,19,25-30,34-35,37-38,43-44,46-47,60H,4-6,8-9,11-15,17-18,20-24,31-33,36,39-42,45,48-59H2,1-3H3/b10-7-,19-16-,28-25-,29-26-,30-27-,37-34-,38-35-,46-43-,47-44-/t60-/m1/s1. The molecule has 0 aliphatic heterocycles. The molecule has 0 radical (unpaired) electrons. The molecular formula is C63H104O6. The van der Waals surface area contributed by atoms with E-state index in [2.05, 4.69) is 130 Å². The summed E-state index contributed by atoms with van der Waals surface area (Å²) >= 11 is 0. The van der Waals surface area contributed by atoms with Crippen molar-refractivity contribution in [2.24, 2.45) is 0 Å². The van der Waals surface area contributed by atoms with Crippen molar-refractivity contribution in [2.75, 3.05) is 13.2 Å². The summed E-state index contributed by atoms with van der Waals surface area (Å²) < 4.78 is 16.8. The molecule has 392 valence electrons. The molecule has 0 heterocycles. The van der Waals surface area contributed by atoms with Gasteiger partial charge in [0.1, 0.15) is 13.2 Å². The van der Waals surface area contributed by atoms with Crippen LogP contribution in [-0.2, 0) is 28.6 Å². The number of unbranched alkanes of at least 4 members (excludes halogenated alkanes) is 21. The van der Waals surface area contributed by atoms with Crippen molar-refractivity contribution in [3.63, 3.8) is 0 Å². The maximum absolute atomic E-state index is 12.8. The molecule has 0 aromatic heterocycles. The van der Waals surface area contributed by atoms with E-state index in [1.165, 1.54) is 122 Å². The van der Waals surface area contributed by atoms with Crippen LogP contribution in [0.25, 0.3) is 0 Å². The van der Waals surface area contributed by atoms with Gasteiger partial charge in [-0.2, -0.15) is 0 Å². The molecule has 0 aliphatic rings. The van der Waals surface area contributed by atoms with Gasteiger partial charge in [0.25, 0.3) is 0 Å². The SMILES string of the molecule is CC/C=C\C/C=C\C/C=C\C/C=C\C/C=C\CCCC(=O)OC[C@H](COC(=O)CCC/C=C\C/C=C\C/C=C\CCCCCCCC)OC(=O)CCCCCCCCC/C=C\CCCCCCCC. The normalized spacial score (nSPS) is 12.9. The highest BCUT2D eigenvalue weighted by molar-refractivity contribution is 5.71. The first-order valence-electron chi connectivity index (χ1n) is 28.4. The zero-order valence-electron chi connectivity index (χ0n) is 44.8. The Bertz CT molecular complexity index is 1420. The van der Waals surface area contributed by atoms with E-state index in [1.807, 2.05) is 0 Å². The lowest BCUT2D eigenvalue weighted by Gasteiger charge is -2.18. The van der Waals surface area contributed by atoms with Crippen LogP contribution in [0, 0.1) is 0 Å². The van der Waals surface area contributed by atoms with Crippen LogP contribution >= 0.6 is 0 Å². The van der Waals surface area contributed by atoms with E-state index in [0.717, 1.165) is 77.0 Å². The van der Waals surface area contributed by atoms with Crippen molar-refractivity contribution in [3.8, 4) is 0 Å². The van der Waals surface area contributed by atoms with E-state index in [-0.39, 0.29) is 44.0 Å². The summed E-state index contributed by atoms with van der Waals surface area (Å²) in [6.07, 6.45) is 76.6. The lowest BCUT2D eigenvalue weighted by molar-refractivity contribution is -0.167. The van der Waals surface area contributed by atoms with Crippen molar-refractivity contribution >= 4 is 17.9 Å². The minimum absolute atomic E-state index is 0.125. The third-order valence-corrected chi connectivity index (χ3v) is 11.7. The second-order valence-corrected chi connectivity index (χ2v) is 18.5. The van der Waals surface area contributed by atoms with Crippen molar-refractivity contribution in [3.05, 3.63) is 109 Å². The molecule has 0 amide bonds. The molecule has 0 N–H and O–H groups in total. The predicted octanol–water partition coefficient (Wildman–Crippen LogP) is 19.1. The number of allylic oxidation sites excluding steroid dienone is 18. The van der Waals surface area contributed by atoms with Crippen molar-refractivity contribution in [1.82, 2.24) is 0 Å². The van der Waals surface area contributed by atoms with Crippen molar-refractivity contribution in [1.29, 1.82) is 0 Å². The highest BCUT2D eigenvalue weighted by Crippen LogP contribution is 2.13. The Morgan fingerprint density at radius 1 is 0.304 bits per heavy atom. The number of hydrogen-bond acceptors (Lipinski definition) is 6. The maximum atomic E-state index is 12.8.